The third-order valence-corrected chi connectivity index (χ3v) is 5.22. The van der Waals surface area contributed by atoms with Crippen molar-refractivity contribution >= 4 is 36.3 Å². The first-order valence-electron chi connectivity index (χ1n) is 10.5. The minimum absolute atomic E-state index is 0.0189. The van der Waals surface area contributed by atoms with Crippen LogP contribution < -0.4 is 10.1 Å². The number of aryl methyl sites for hydroxylation is 2. The van der Waals surface area contributed by atoms with Gasteiger partial charge in [0.1, 0.15) is 0 Å². The van der Waals surface area contributed by atoms with Gasteiger partial charge in [-0.25, -0.2) is 4.98 Å². The van der Waals surface area contributed by atoms with Crippen LogP contribution in [-0.2, 0) is 16.6 Å². The Kier molecular flexibility index (Phi) is 7.60. The number of hydrogen-bond acceptors (Lipinski definition) is 7. The van der Waals surface area contributed by atoms with Gasteiger partial charge < -0.3 is 24.6 Å². The molecule has 1 saturated heterocycles. The largest absolute Gasteiger partial charge is 0.504 e. The number of aromatic hydroxyl groups is 1. The fraction of sp³-hybridized carbons (Fsp3) is 0.348. The Hall–Kier alpha value is -3.95. The van der Waals surface area contributed by atoms with Crippen molar-refractivity contribution in [3.05, 3.63) is 41.9 Å². The lowest BCUT2D eigenvalue weighted by molar-refractivity contribution is -0.118. The topological polar surface area (TPSA) is 126 Å². The Morgan fingerprint density at radius 2 is 2.21 bits per heavy atom. The molecule has 2 N–H and O–H groups in total. The maximum Gasteiger partial charge on any atom is 0.225 e. The molecule has 1 aliphatic rings. The molecule has 33 heavy (non-hydrogen) atoms. The fourth-order valence-electron chi connectivity index (χ4n) is 3.46. The molecule has 1 aromatic carbocycles. The normalized spacial score (nSPS) is 15.8. The van der Waals surface area contributed by atoms with Gasteiger partial charge in [-0.15, -0.1) is 0 Å². The number of amides is 2. The number of ether oxygens (including phenoxy) is 1. The van der Waals surface area contributed by atoms with E-state index >= 15 is 0 Å². The van der Waals surface area contributed by atoms with Crippen LogP contribution in [0.3, 0.4) is 0 Å². The Morgan fingerprint density at radius 1 is 1.42 bits per heavy atom. The van der Waals surface area contributed by atoms with Crippen molar-refractivity contribution in [1.29, 1.82) is 0 Å². The number of phenols is 1. The van der Waals surface area contributed by atoms with Crippen LogP contribution in [0.15, 0.2) is 35.5 Å². The van der Waals surface area contributed by atoms with Crippen molar-refractivity contribution in [2.45, 2.75) is 32.2 Å². The van der Waals surface area contributed by atoms with E-state index in [1.54, 1.807) is 36.5 Å². The second-order valence-electron chi connectivity index (χ2n) is 7.90. The third-order valence-electron chi connectivity index (χ3n) is 5.22. The monoisotopic (exact) mass is 453 g/mol. The molecule has 1 unspecified atom stereocenters. The lowest BCUT2D eigenvalue weighted by Gasteiger charge is -2.15. The highest BCUT2D eigenvalue weighted by Gasteiger charge is 2.24. The quantitative estimate of drug-likeness (QED) is 0.246. The Labute approximate surface area is 191 Å². The number of carbonyl (C=O) groups is 3. The van der Waals surface area contributed by atoms with E-state index in [0.717, 1.165) is 17.5 Å². The van der Waals surface area contributed by atoms with Gasteiger partial charge in [0.25, 0.3) is 0 Å². The maximum atomic E-state index is 12.1. The highest BCUT2D eigenvalue weighted by atomic mass is 16.5. The Morgan fingerprint density at radius 3 is 2.91 bits per heavy atom. The van der Waals surface area contributed by atoms with E-state index in [4.69, 9.17) is 4.74 Å². The summed E-state index contributed by atoms with van der Waals surface area (Å²) in [4.78, 5) is 44.2. The molecular formula is C23H27N5O5. The van der Waals surface area contributed by atoms with Crippen LogP contribution in [0.5, 0.6) is 11.5 Å². The van der Waals surface area contributed by atoms with E-state index in [0.29, 0.717) is 37.2 Å². The molecule has 1 aliphatic heterocycles. The minimum atomic E-state index is -0.259. The number of nitrogens with one attached hydrogen (secondary N) is 1. The number of phenolic OH excluding ortho intramolecular Hbond substituents is 1. The number of likely N-dealkylation sites (tertiary alicyclic amines) is 1. The van der Waals surface area contributed by atoms with Crippen molar-refractivity contribution < 1.29 is 24.2 Å². The first-order chi connectivity index (χ1) is 15.8. The first-order valence-corrected chi connectivity index (χ1v) is 10.5. The molecule has 2 aromatic rings. The van der Waals surface area contributed by atoms with E-state index in [1.165, 1.54) is 4.57 Å². The minimum Gasteiger partial charge on any atom is -0.504 e. The van der Waals surface area contributed by atoms with Crippen molar-refractivity contribution in [3.8, 4) is 11.5 Å². The number of imidazole rings is 1. The summed E-state index contributed by atoms with van der Waals surface area (Å²) >= 11 is 0. The van der Waals surface area contributed by atoms with Gasteiger partial charge in [-0.3, -0.25) is 19.4 Å². The van der Waals surface area contributed by atoms with E-state index in [-0.39, 0.29) is 42.3 Å². The van der Waals surface area contributed by atoms with Crippen molar-refractivity contribution in [1.82, 2.24) is 14.5 Å². The molecule has 10 nitrogen and oxygen atoms in total. The van der Waals surface area contributed by atoms with E-state index in [2.05, 4.69) is 21.9 Å². The molecule has 174 valence electrons. The highest BCUT2D eigenvalue weighted by Crippen LogP contribution is 2.34. The zero-order chi connectivity index (χ0) is 24.0. The number of aldehydes is 1. The molecule has 10 heteroatoms. The molecule has 0 bridgehead atoms. The molecule has 3 rings (SSSR count). The molecular weight excluding hydrogens is 426 g/mol. The summed E-state index contributed by atoms with van der Waals surface area (Å²) in [6.07, 6.45) is 5.91. The molecule has 0 saturated carbocycles. The Bertz CT molecular complexity index is 1090. The van der Waals surface area contributed by atoms with E-state index < -0.39 is 0 Å². The fourth-order valence-corrected chi connectivity index (χ4v) is 3.46. The van der Waals surface area contributed by atoms with Gasteiger partial charge in [0.2, 0.25) is 12.3 Å². The predicted molar refractivity (Wildman–Crippen MR) is 123 cm³/mol. The number of hydrogen-bond donors (Lipinski definition) is 2. The van der Waals surface area contributed by atoms with Crippen LogP contribution in [0.4, 0.5) is 11.5 Å². The molecule has 1 atom stereocenters. The van der Waals surface area contributed by atoms with Gasteiger partial charge in [-0.2, -0.15) is 0 Å². The highest BCUT2D eigenvalue weighted by molar-refractivity contribution is 5.90. The summed E-state index contributed by atoms with van der Waals surface area (Å²) in [5.41, 5.74) is 2.35. The van der Waals surface area contributed by atoms with Gasteiger partial charge in [-0.05, 0) is 31.4 Å². The lowest BCUT2D eigenvalue weighted by atomic mass is 10.1. The first kappa shape index (κ1) is 23.7. The number of nitrogens with zero attached hydrogens (tertiary/aromatic N) is 4. The van der Waals surface area contributed by atoms with Gasteiger partial charge in [0, 0.05) is 38.5 Å². The van der Waals surface area contributed by atoms with Crippen molar-refractivity contribution in [2.24, 2.45) is 12.0 Å². The van der Waals surface area contributed by atoms with Gasteiger partial charge >= 0.3 is 0 Å². The van der Waals surface area contributed by atoms with E-state index in [1.807, 2.05) is 6.92 Å². The number of aliphatic imine (C=N–C) groups is 1. The molecule has 2 amide bonds. The van der Waals surface area contributed by atoms with Crippen molar-refractivity contribution in [3.63, 3.8) is 0 Å². The van der Waals surface area contributed by atoms with Crippen LogP contribution in [-0.4, -0.2) is 63.6 Å². The standard InChI is InChI=1S/C23H27N5O5/c1-15-7-17(28(11-15)14-30)10-24-18-9-20(19(31)8-16(18)2)33-6-4-5-23(32)26-21-12-27(3)22(13-29)25-21/h8-10,12-14,17,31H,1,4-7,11H2,2-3H3,(H,26,32)/b24-10-. The second kappa shape index (κ2) is 10.6. The summed E-state index contributed by atoms with van der Waals surface area (Å²) in [5.74, 6) is 0.512. The van der Waals surface area contributed by atoms with Gasteiger partial charge in [0.15, 0.2) is 29.4 Å². The van der Waals surface area contributed by atoms with Crippen LogP contribution in [0.25, 0.3) is 0 Å². The van der Waals surface area contributed by atoms with Gasteiger partial charge in [-0.1, -0.05) is 12.2 Å². The Balaban J connectivity index is 1.53. The molecule has 2 heterocycles. The van der Waals surface area contributed by atoms with Gasteiger partial charge in [0.05, 0.1) is 18.3 Å². The van der Waals surface area contributed by atoms with Crippen LogP contribution >= 0.6 is 0 Å². The summed E-state index contributed by atoms with van der Waals surface area (Å²) < 4.78 is 7.17. The maximum absolute atomic E-state index is 12.1. The third kappa shape index (κ3) is 6.06. The molecule has 1 aromatic heterocycles. The van der Waals surface area contributed by atoms with Crippen molar-refractivity contribution in [2.75, 3.05) is 18.5 Å². The number of aromatic nitrogens is 2. The van der Waals surface area contributed by atoms with Crippen LogP contribution in [0, 0.1) is 6.92 Å². The van der Waals surface area contributed by atoms with Crippen LogP contribution in [0.2, 0.25) is 0 Å². The number of anilines is 1. The molecule has 1 fully saturated rings. The summed E-state index contributed by atoms with van der Waals surface area (Å²) in [7, 11) is 1.66. The molecule has 0 radical (unpaired) electrons. The SMILES string of the molecule is C=C1CC(/C=N\c2cc(OCCCC(=O)Nc3cn(C)c(C=O)n3)c(O)cc2C)N(C=O)C1. The summed E-state index contributed by atoms with van der Waals surface area (Å²) in [6, 6.07) is 3.05. The predicted octanol–water partition coefficient (Wildman–Crippen LogP) is 2.53. The smallest absolute Gasteiger partial charge is 0.225 e. The zero-order valence-electron chi connectivity index (χ0n) is 18.7. The average molecular weight is 453 g/mol. The average Bonchev–Trinajstić information content (AvgIpc) is 3.32. The summed E-state index contributed by atoms with van der Waals surface area (Å²) in [6.45, 7) is 6.47. The van der Waals surface area contributed by atoms with Crippen LogP contribution in [0.1, 0.15) is 35.4 Å². The number of rotatable bonds is 10. The number of carbonyl (C=O) groups excluding carboxylic acids is 3. The summed E-state index contributed by atoms with van der Waals surface area (Å²) in [5, 5.41) is 12.8. The molecule has 0 spiro atoms. The van der Waals surface area contributed by atoms with E-state index in [9.17, 15) is 19.5 Å². The second-order valence-corrected chi connectivity index (χ2v) is 7.90. The lowest BCUT2D eigenvalue weighted by Crippen LogP contribution is -2.28. The zero-order valence-corrected chi connectivity index (χ0v) is 18.7. The number of benzene rings is 1. The molecule has 0 aliphatic carbocycles.